The minimum Gasteiger partial charge on any atom is -0.457 e. The highest BCUT2D eigenvalue weighted by atomic mass is 28.3. The molecule has 1 heterocycles. The van der Waals surface area contributed by atoms with E-state index < -0.39 is 21.6 Å². The monoisotopic (exact) mass is 910 g/mol. The van der Waals surface area contributed by atoms with Crippen LogP contribution in [0.4, 0.5) is 34.1 Å². The highest BCUT2D eigenvalue weighted by molar-refractivity contribution is 6.89. The van der Waals surface area contributed by atoms with Gasteiger partial charge in [-0.15, -0.1) is 0 Å². The van der Waals surface area contributed by atoms with E-state index in [4.69, 9.17) is 4.74 Å². The standard InChI is InChI=1S/C63H54N2OSi2/c1-67(2,3)49-35-29-45(30-36-49)64(43-19-9-7-10-20-43)47-33-39-53-55(41-47)51-23-13-14-24-52(51)61-54-40-34-48(65(44-21-11-8-12-22-44)46-31-37-50(38-32-46)68(4,5)6)42-58(54)63(62(53)61)56-25-15-17-27-59(56)66-60-28-18-16-26-57(60)63/h7-42H,1-6H3. The minimum atomic E-state index is -1.52. The van der Waals surface area contributed by atoms with E-state index in [1.165, 1.54) is 54.2 Å². The van der Waals surface area contributed by atoms with Crippen LogP contribution in [0.1, 0.15) is 22.3 Å². The highest BCUT2D eigenvalue weighted by Crippen LogP contribution is 2.65. The van der Waals surface area contributed by atoms with Gasteiger partial charge in [0.05, 0.1) is 21.6 Å². The van der Waals surface area contributed by atoms with E-state index in [-0.39, 0.29) is 0 Å². The first-order valence-electron chi connectivity index (χ1n) is 23.9. The largest absolute Gasteiger partial charge is 0.457 e. The van der Waals surface area contributed by atoms with Gasteiger partial charge in [-0.3, -0.25) is 0 Å². The molecule has 10 aromatic rings. The van der Waals surface area contributed by atoms with Crippen molar-refractivity contribution in [2.24, 2.45) is 0 Å². The Hall–Kier alpha value is -7.45. The van der Waals surface area contributed by atoms with Gasteiger partial charge < -0.3 is 14.5 Å². The van der Waals surface area contributed by atoms with Crippen LogP contribution in [0.2, 0.25) is 39.3 Å². The average molecular weight is 911 g/mol. The summed E-state index contributed by atoms with van der Waals surface area (Å²) in [5, 5.41) is 7.83. The number of anilines is 6. The van der Waals surface area contributed by atoms with Gasteiger partial charge in [0.2, 0.25) is 0 Å². The maximum absolute atomic E-state index is 6.92. The molecule has 0 fully saturated rings. The Morgan fingerprint density at radius 2 is 0.765 bits per heavy atom. The van der Waals surface area contributed by atoms with Gasteiger partial charge in [0, 0.05) is 45.3 Å². The van der Waals surface area contributed by atoms with Crippen LogP contribution in [0, 0.1) is 0 Å². The van der Waals surface area contributed by atoms with Crippen molar-refractivity contribution < 1.29 is 4.74 Å². The van der Waals surface area contributed by atoms with E-state index in [2.05, 4.69) is 267 Å². The molecule has 0 saturated carbocycles. The second kappa shape index (κ2) is 15.8. The molecule has 0 N–H and O–H groups in total. The molecule has 0 bridgehead atoms. The Kier molecular flexibility index (Phi) is 9.77. The first-order valence-corrected chi connectivity index (χ1v) is 30.9. The zero-order valence-corrected chi connectivity index (χ0v) is 41.6. The molecular formula is C63H54N2OSi2. The molecule has 0 saturated heterocycles. The van der Waals surface area contributed by atoms with Crippen LogP contribution in [0.15, 0.2) is 218 Å². The van der Waals surface area contributed by atoms with E-state index in [1.54, 1.807) is 0 Å². The van der Waals surface area contributed by atoms with Gasteiger partial charge in [0.1, 0.15) is 11.5 Å². The molecule has 0 aromatic heterocycles. The number of nitrogens with zero attached hydrogens (tertiary/aromatic N) is 2. The maximum atomic E-state index is 6.92. The third-order valence-electron chi connectivity index (χ3n) is 14.4. The molecule has 10 aromatic carbocycles. The number of hydrogen-bond acceptors (Lipinski definition) is 3. The van der Waals surface area contributed by atoms with Crippen LogP contribution in [0.3, 0.4) is 0 Å². The predicted octanol–water partition coefficient (Wildman–Crippen LogP) is 16.5. The number of ether oxygens (including phenoxy) is 1. The van der Waals surface area contributed by atoms with E-state index in [9.17, 15) is 0 Å². The Morgan fingerprint density at radius 1 is 0.338 bits per heavy atom. The lowest BCUT2D eigenvalue weighted by Crippen LogP contribution is -2.37. The zero-order chi connectivity index (χ0) is 46.4. The second-order valence-electron chi connectivity index (χ2n) is 20.5. The fourth-order valence-corrected chi connectivity index (χ4v) is 13.5. The van der Waals surface area contributed by atoms with Crippen LogP contribution in [-0.2, 0) is 5.41 Å². The Balaban J connectivity index is 1.16. The van der Waals surface area contributed by atoms with Crippen LogP contribution < -0.4 is 24.9 Å². The molecule has 1 spiro atoms. The molecule has 5 heteroatoms. The van der Waals surface area contributed by atoms with E-state index in [1.807, 2.05) is 0 Å². The first-order chi connectivity index (χ1) is 33.0. The van der Waals surface area contributed by atoms with Crippen molar-refractivity contribution in [3.05, 3.63) is 241 Å². The SMILES string of the molecule is C[Si](C)(C)c1ccc(N(c2ccccc2)c2ccc3c(c2)C2(c4ccccc4Oc4ccccc42)c2c-3c3ccccc3c3cc(N(c4ccccc4)c4ccc([Si](C)(C)C)cc4)ccc23)cc1. The van der Waals surface area contributed by atoms with Gasteiger partial charge in [0.25, 0.3) is 0 Å². The summed E-state index contributed by atoms with van der Waals surface area (Å²) in [6, 6.07) is 81.3. The van der Waals surface area contributed by atoms with Crippen molar-refractivity contribution in [1.82, 2.24) is 0 Å². The molecule has 1 aliphatic heterocycles. The van der Waals surface area contributed by atoms with Gasteiger partial charge in [-0.2, -0.15) is 0 Å². The quantitative estimate of drug-likeness (QED) is 0.112. The van der Waals surface area contributed by atoms with Crippen molar-refractivity contribution in [1.29, 1.82) is 0 Å². The van der Waals surface area contributed by atoms with Crippen molar-refractivity contribution >= 4 is 82.2 Å². The van der Waals surface area contributed by atoms with Crippen molar-refractivity contribution in [2.45, 2.75) is 44.7 Å². The zero-order valence-electron chi connectivity index (χ0n) is 39.6. The normalized spacial score (nSPS) is 13.4. The van der Waals surface area contributed by atoms with Gasteiger partial charge in [0.15, 0.2) is 0 Å². The Labute approximate surface area is 402 Å². The van der Waals surface area contributed by atoms with Crippen LogP contribution in [-0.4, -0.2) is 16.1 Å². The average Bonchev–Trinajstić information content (AvgIpc) is 3.65. The molecule has 0 radical (unpaired) electrons. The summed E-state index contributed by atoms with van der Waals surface area (Å²) in [4.78, 5) is 4.85. The topological polar surface area (TPSA) is 15.7 Å². The van der Waals surface area contributed by atoms with Gasteiger partial charge in [-0.25, -0.2) is 0 Å². The van der Waals surface area contributed by atoms with Gasteiger partial charge >= 0.3 is 0 Å². The van der Waals surface area contributed by atoms with Crippen LogP contribution in [0.25, 0.3) is 32.7 Å². The van der Waals surface area contributed by atoms with Gasteiger partial charge in [-0.05, 0) is 129 Å². The minimum absolute atomic E-state index is 0.717. The molecule has 68 heavy (non-hydrogen) atoms. The van der Waals surface area contributed by atoms with Crippen molar-refractivity contribution in [3.8, 4) is 22.6 Å². The lowest BCUT2D eigenvalue weighted by Gasteiger charge is -2.40. The molecule has 12 rings (SSSR count). The van der Waals surface area contributed by atoms with E-state index in [0.29, 0.717) is 0 Å². The molecule has 2 aliphatic rings. The smallest absolute Gasteiger partial charge is 0.132 e. The molecular weight excluding hydrogens is 857 g/mol. The summed E-state index contributed by atoms with van der Waals surface area (Å²) in [6.45, 7) is 14.5. The van der Waals surface area contributed by atoms with Crippen LogP contribution >= 0.6 is 0 Å². The summed E-state index contributed by atoms with van der Waals surface area (Å²) < 4.78 is 6.92. The lowest BCUT2D eigenvalue weighted by atomic mass is 9.65. The summed E-state index contributed by atoms with van der Waals surface area (Å²) in [6.07, 6.45) is 0. The van der Waals surface area contributed by atoms with Gasteiger partial charge in [-0.1, -0.05) is 183 Å². The first kappa shape index (κ1) is 41.9. The summed E-state index contributed by atoms with van der Waals surface area (Å²) >= 11 is 0. The van der Waals surface area contributed by atoms with E-state index in [0.717, 1.165) is 56.8 Å². The summed E-state index contributed by atoms with van der Waals surface area (Å²) in [5.41, 5.74) is 13.4. The van der Waals surface area contributed by atoms with Crippen molar-refractivity contribution in [3.63, 3.8) is 0 Å². The van der Waals surface area contributed by atoms with Crippen molar-refractivity contribution in [2.75, 3.05) is 9.80 Å². The summed E-state index contributed by atoms with van der Waals surface area (Å²) in [7, 11) is -3.03. The summed E-state index contributed by atoms with van der Waals surface area (Å²) in [5.74, 6) is 1.76. The fourth-order valence-electron chi connectivity index (χ4n) is 11.1. The second-order valence-corrected chi connectivity index (χ2v) is 30.7. The molecule has 3 nitrogen and oxygen atoms in total. The highest BCUT2D eigenvalue weighted by Gasteiger charge is 2.53. The number of hydrogen-bond donors (Lipinski definition) is 0. The number of para-hydroxylation sites is 4. The maximum Gasteiger partial charge on any atom is 0.132 e. The third-order valence-corrected chi connectivity index (χ3v) is 18.5. The Morgan fingerprint density at radius 3 is 1.29 bits per heavy atom. The molecule has 0 unspecified atom stereocenters. The lowest BCUT2D eigenvalue weighted by molar-refractivity contribution is 0.437. The van der Waals surface area contributed by atoms with E-state index >= 15 is 0 Å². The molecule has 1 aliphatic carbocycles. The molecule has 330 valence electrons. The Bertz CT molecular complexity index is 3510. The predicted molar refractivity (Wildman–Crippen MR) is 294 cm³/mol. The fraction of sp³-hybridized carbons (Fsp3) is 0.111. The van der Waals surface area contributed by atoms with Crippen LogP contribution in [0.5, 0.6) is 11.5 Å². The number of benzene rings is 10. The number of rotatable bonds is 8. The number of fused-ring (bicyclic) bond motifs is 14. The third kappa shape index (κ3) is 6.59. The molecule has 0 atom stereocenters. The molecule has 0 amide bonds.